The van der Waals surface area contributed by atoms with Crippen LogP contribution < -0.4 is 5.14 Å². The molecule has 0 bridgehead atoms. The Morgan fingerprint density at radius 2 is 2.12 bits per heavy atom. The molecule has 1 saturated carbocycles. The average Bonchev–Trinajstić information content (AvgIpc) is 2.08. The van der Waals surface area contributed by atoms with Crippen molar-refractivity contribution in [3.8, 4) is 0 Å². The summed E-state index contributed by atoms with van der Waals surface area (Å²) in [5.41, 5.74) is 0. The quantitative estimate of drug-likeness (QED) is 0.600. The van der Waals surface area contributed by atoms with E-state index in [0.29, 0.717) is 0 Å². The van der Waals surface area contributed by atoms with Crippen LogP contribution in [-0.4, -0.2) is 27.9 Å². The minimum atomic E-state index is -2.55. The van der Waals surface area contributed by atoms with Gasteiger partial charge in [-0.2, -0.15) is 5.14 Å². The Morgan fingerprint density at radius 1 is 1.56 bits per heavy atom. The van der Waals surface area contributed by atoms with Crippen molar-refractivity contribution in [1.29, 1.82) is 0 Å². The van der Waals surface area contributed by atoms with Crippen LogP contribution >= 0.6 is 0 Å². The Hall–Kier alpha value is -0.170. The van der Waals surface area contributed by atoms with Crippen LogP contribution in [-0.2, 0) is 16.1 Å². The first-order valence-corrected chi connectivity index (χ1v) is 6.28. The fourth-order valence-electron chi connectivity index (χ4n) is 1.31. The van der Waals surface area contributed by atoms with Crippen LogP contribution in [0.2, 0.25) is 0 Å². The van der Waals surface area contributed by atoms with E-state index in [9.17, 15) is 13.3 Å². The molecular formula is C10H17F2NO2S. The Balaban J connectivity index is 2.19. The molecule has 2 N–H and O–H groups in total. The summed E-state index contributed by atoms with van der Waals surface area (Å²) in [6.45, 7) is 3.72. The van der Waals surface area contributed by atoms with Gasteiger partial charge in [-0.1, -0.05) is 6.08 Å². The lowest BCUT2D eigenvalue weighted by molar-refractivity contribution is -0.161. The number of ether oxygens (including phenoxy) is 1. The molecule has 0 aliphatic heterocycles. The number of hydrogen-bond acceptors (Lipinski definition) is 3. The minimum Gasteiger partial charge on any atom is -0.598 e. The molecule has 6 heteroatoms. The first-order valence-electron chi connectivity index (χ1n) is 5.06. The van der Waals surface area contributed by atoms with Crippen molar-refractivity contribution < 1.29 is 18.1 Å². The SMILES string of the molecule is CC(C)(C=CCOC1CC(F)(F)C1)[S+](N)[O-]. The van der Waals surface area contributed by atoms with E-state index < -0.39 is 22.0 Å². The highest BCUT2D eigenvalue weighted by Gasteiger charge is 2.45. The fraction of sp³-hybridized carbons (Fsp3) is 0.800. The zero-order valence-electron chi connectivity index (χ0n) is 9.41. The number of alkyl halides is 2. The first kappa shape index (κ1) is 13.9. The molecule has 1 unspecified atom stereocenters. The highest BCUT2D eigenvalue weighted by molar-refractivity contribution is 7.90. The zero-order valence-corrected chi connectivity index (χ0v) is 10.2. The molecule has 94 valence electrons. The fourth-order valence-corrected chi connectivity index (χ4v) is 1.55. The summed E-state index contributed by atoms with van der Waals surface area (Å²) in [5, 5.41) is 5.27. The molecule has 0 aromatic rings. The van der Waals surface area contributed by atoms with Crippen LogP contribution in [0.1, 0.15) is 26.7 Å². The molecule has 16 heavy (non-hydrogen) atoms. The molecule has 0 heterocycles. The molecule has 0 aromatic carbocycles. The molecule has 0 radical (unpaired) electrons. The van der Waals surface area contributed by atoms with Crippen LogP contribution in [0.4, 0.5) is 8.78 Å². The summed E-state index contributed by atoms with van der Waals surface area (Å²) in [5.74, 6) is -2.55. The summed E-state index contributed by atoms with van der Waals surface area (Å²) in [6, 6.07) is 0. The number of hydrogen-bond donors (Lipinski definition) is 1. The van der Waals surface area contributed by atoms with Crippen LogP contribution in [0, 0.1) is 0 Å². The monoisotopic (exact) mass is 253 g/mol. The Kier molecular flexibility index (Phi) is 4.34. The highest BCUT2D eigenvalue weighted by atomic mass is 32.2. The summed E-state index contributed by atoms with van der Waals surface area (Å²) in [4.78, 5) is 0. The van der Waals surface area contributed by atoms with Gasteiger partial charge in [0.2, 0.25) is 0 Å². The molecule has 0 spiro atoms. The first-order chi connectivity index (χ1) is 7.23. The van der Waals surface area contributed by atoms with Crippen molar-refractivity contribution in [2.24, 2.45) is 5.14 Å². The van der Waals surface area contributed by atoms with E-state index in [1.54, 1.807) is 26.0 Å². The highest BCUT2D eigenvalue weighted by Crippen LogP contribution is 2.39. The van der Waals surface area contributed by atoms with Gasteiger partial charge in [0.25, 0.3) is 5.92 Å². The second kappa shape index (κ2) is 5.00. The van der Waals surface area contributed by atoms with E-state index in [4.69, 9.17) is 9.88 Å². The number of rotatable bonds is 5. The molecule has 0 saturated heterocycles. The summed E-state index contributed by atoms with van der Waals surface area (Å²) < 4.78 is 40.5. The third kappa shape index (κ3) is 4.01. The second-order valence-electron chi connectivity index (χ2n) is 4.52. The maximum atomic E-state index is 12.4. The molecule has 1 fully saturated rings. The summed E-state index contributed by atoms with van der Waals surface area (Å²) >= 11 is -1.45. The van der Waals surface area contributed by atoms with Crippen molar-refractivity contribution in [2.45, 2.75) is 43.5 Å². The Labute approximate surface area is 97.3 Å². The smallest absolute Gasteiger partial charge is 0.253 e. The van der Waals surface area contributed by atoms with E-state index >= 15 is 0 Å². The van der Waals surface area contributed by atoms with Gasteiger partial charge in [0.05, 0.1) is 12.7 Å². The van der Waals surface area contributed by atoms with Crippen LogP contribution in [0.5, 0.6) is 0 Å². The maximum absolute atomic E-state index is 12.4. The normalized spacial score (nSPS) is 23.4. The van der Waals surface area contributed by atoms with Crippen LogP contribution in [0.3, 0.4) is 0 Å². The van der Waals surface area contributed by atoms with Crippen molar-refractivity contribution in [3.05, 3.63) is 12.2 Å². The predicted molar refractivity (Wildman–Crippen MR) is 59.5 cm³/mol. The van der Waals surface area contributed by atoms with E-state index in [-0.39, 0.29) is 25.6 Å². The molecule has 0 aromatic heterocycles. The largest absolute Gasteiger partial charge is 0.598 e. The van der Waals surface area contributed by atoms with Crippen molar-refractivity contribution in [2.75, 3.05) is 6.61 Å². The molecular weight excluding hydrogens is 236 g/mol. The molecule has 1 atom stereocenters. The van der Waals surface area contributed by atoms with Gasteiger partial charge in [0.15, 0.2) is 4.75 Å². The van der Waals surface area contributed by atoms with Crippen molar-refractivity contribution in [1.82, 2.24) is 0 Å². The van der Waals surface area contributed by atoms with Gasteiger partial charge in [-0.25, -0.2) is 8.78 Å². The van der Waals surface area contributed by atoms with Gasteiger partial charge in [0, 0.05) is 24.2 Å². The van der Waals surface area contributed by atoms with Crippen LogP contribution in [0.15, 0.2) is 12.2 Å². The van der Waals surface area contributed by atoms with Crippen molar-refractivity contribution >= 4 is 11.4 Å². The second-order valence-corrected chi connectivity index (χ2v) is 6.17. The lowest BCUT2D eigenvalue weighted by Crippen LogP contribution is -2.41. The topological polar surface area (TPSA) is 58.3 Å². The van der Waals surface area contributed by atoms with Gasteiger partial charge >= 0.3 is 0 Å². The van der Waals surface area contributed by atoms with E-state index in [1.165, 1.54) is 0 Å². The van der Waals surface area contributed by atoms with E-state index in [1.807, 2.05) is 0 Å². The molecule has 0 amide bonds. The minimum absolute atomic E-state index is 0.201. The number of halogens is 2. The maximum Gasteiger partial charge on any atom is 0.253 e. The third-order valence-electron chi connectivity index (χ3n) is 2.52. The Morgan fingerprint density at radius 3 is 2.56 bits per heavy atom. The van der Waals surface area contributed by atoms with Gasteiger partial charge in [-0.3, -0.25) is 0 Å². The standard InChI is InChI=1S/C10H17F2NO2S/c1-9(2,16(13)14)4-3-5-15-8-6-10(11,12)7-8/h3-4,8H,5-7,13H2,1-2H3. The summed E-state index contributed by atoms with van der Waals surface area (Å²) in [7, 11) is 0. The van der Waals surface area contributed by atoms with E-state index in [2.05, 4.69) is 0 Å². The van der Waals surface area contributed by atoms with Gasteiger partial charge in [-0.15, -0.1) is 0 Å². The third-order valence-corrected chi connectivity index (χ3v) is 3.69. The Bertz CT molecular complexity index is 262. The lowest BCUT2D eigenvalue weighted by atomic mass is 9.91. The lowest BCUT2D eigenvalue weighted by Gasteiger charge is -2.34. The van der Waals surface area contributed by atoms with Gasteiger partial charge < -0.3 is 9.29 Å². The molecule has 3 nitrogen and oxygen atoms in total. The molecule has 1 rings (SSSR count). The zero-order chi connectivity index (χ0) is 12.4. The predicted octanol–water partition coefficient (Wildman–Crippen LogP) is 1.76. The average molecular weight is 253 g/mol. The van der Waals surface area contributed by atoms with E-state index in [0.717, 1.165) is 0 Å². The van der Waals surface area contributed by atoms with Gasteiger partial charge in [-0.05, 0) is 19.9 Å². The van der Waals surface area contributed by atoms with Crippen LogP contribution in [0.25, 0.3) is 0 Å². The number of nitrogens with two attached hydrogens (primary N) is 1. The van der Waals surface area contributed by atoms with Gasteiger partial charge in [0.1, 0.15) is 0 Å². The molecule has 1 aliphatic carbocycles. The summed E-state index contributed by atoms with van der Waals surface area (Å²) in [6.07, 6.45) is 2.59. The van der Waals surface area contributed by atoms with Crippen molar-refractivity contribution in [3.63, 3.8) is 0 Å². The molecule has 1 aliphatic rings.